The molecule has 3 heterocycles. The molecule has 0 radical (unpaired) electrons. The van der Waals surface area contributed by atoms with Gasteiger partial charge in [-0.15, -0.1) is 0 Å². The van der Waals surface area contributed by atoms with Crippen molar-refractivity contribution in [1.82, 2.24) is 20.1 Å². The number of carbonyl (C=O) groups excluding carboxylic acids is 1. The summed E-state index contributed by atoms with van der Waals surface area (Å²) >= 11 is 0. The van der Waals surface area contributed by atoms with E-state index in [1.807, 2.05) is 0 Å². The van der Waals surface area contributed by atoms with E-state index in [0.29, 0.717) is 11.6 Å². The lowest BCUT2D eigenvalue weighted by atomic mass is 10.0. The first kappa shape index (κ1) is 12.5. The summed E-state index contributed by atoms with van der Waals surface area (Å²) in [7, 11) is 0. The van der Waals surface area contributed by atoms with Crippen molar-refractivity contribution < 1.29 is 9.18 Å². The zero-order chi connectivity index (χ0) is 13.2. The van der Waals surface area contributed by atoms with E-state index in [1.165, 1.54) is 12.3 Å². The average molecular weight is 264 g/mol. The van der Waals surface area contributed by atoms with E-state index in [0.717, 1.165) is 45.5 Å². The predicted molar refractivity (Wildman–Crippen MR) is 68.3 cm³/mol. The fourth-order valence-corrected chi connectivity index (χ4v) is 2.61. The van der Waals surface area contributed by atoms with Crippen LogP contribution in [0.25, 0.3) is 0 Å². The number of pyridine rings is 1. The Labute approximate surface area is 111 Å². The Morgan fingerprint density at radius 1 is 1.32 bits per heavy atom. The fraction of sp³-hybridized carbons (Fsp3) is 0.538. The molecule has 1 amide bonds. The van der Waals surface area contributed by atoms with Gasteiger partial charge in [0.25, 0.3) is 5.91 Å². The quantitative estimate of drug-likeness (QED) is 0.813. The van der Waals surface area contributed by atoms with Crippen LogP contribution in [-0.2, 0) is 0 Å². The molecule has 0 atom stereocenters. The molecule has 0 bridgehead atoms. The van der Waals surface area contributed by atoms with Crippen LogP contribution in [0, 0.1) is 5.82 Å². The molecule has 19 heavy (non-hydrogen) atoms. The minimum atomic E-state index is -0.468. The molecular weight excluding hydrogens is 247 g/mol. The van der Waals surface area contributed by atoms with Crippen molar-refractivity contribution in [2.45, 2.75) is 6.04 Å². The number of nitrogens with zero attached hydrogens (tertiary/aromatic N) is 3. The van der Waals surface area contributed by atoms with Crippen LogP contribution in [0.1, 0.15) is 10.4 Å². The third-order valence-electron chi connectivity index (χ3n) is 3.77. The summed E-state index contributed by atoms with van der Waals surface area (Å²) in [6.45, 7) is 5.56. The van der Waals surface area contributed by atoms with Gasteiger partial charge >= 0.3 is 0 Å². The number of halogens is 1. The van der Waals surface area contributed by atoms with Crippen LogP contribution in [0.3, 0.4) is 0 Å². The van der Waals surface area contributed by atoms with Gasteiger partial charge in [0, 0.05) is 51.5 Å². The maximum absolute atomic E-state index is 13.0. The van der Waals surface area contributed by atoms with Crippen molar-refractivity contribution in [2.24, 2.45) is 0 Å². The van der Waals surface area contributed by atoms with Crippen LogP contribution in [0.15, 0.2) is 18.5 Å². The highest BCUT2D eigenvalue weighted by molar-refractivity contribution is 5.94. The summed E-state index contributed by atoms with van der Waals surface area (Å²) < 4.78 is 13.0. The number of amides is 1. The highest BCUT2D eigenvalue weighted by Crippen LogP contribution is 2.18. The van der Waals surface area contributed by atoms with Crippen molar-refractivity contribution in [1.29, 1.82) is 0 Å². The van der Waals surface area contributed by atoms with Crippen LogP contribution in [0.2, 0.25) is 0 Å². The molecule has 102 valence electrons. The number of likely N-dealkylation sites (tertiary alicyclic amines) is 1. The highest BCUT2D eigenvalue weighted by atomic mass is 19.1. The lowest BCUT2D eigenvalue weighted by Gasteiger charge is -2.46. The third-order valence-corrected chi connectivity index (χ3v) is 3.77. The van der Waals surface area contributed by atoms with Gasteiger partial charge in [0.05, 0.1) is 11.8 Å². The molecule has 0 unspecified atom stereocenters. The Bertz CT molecular complexity index is 469. The van der Waals surface area contributed by atoms with Crippen molar-refractivity contribution in [2.75, 3.05) is 39.3 Å². The first-order chi connectivity index (χ1) is 9.24. The molecule has 0 aromatic carbocycles. The molecule has 0 spiro atoms. The van der Waals surface area contributed by atoms with Gasteiger partial charge in [-0.05, 0) is 6.07 Å². The molecule has 0 aliphatic carbocycles. The second kappa shape index (κ2) is 5.22. The number of nitrogens with one attached hydrogen (secondary N) is 1. The van der Waals surface area contributed by atoms with Gasteiger partial charge < -0.3 is 10.2 Å². The molecule has 3 rings (SSSR count). The molecule has 1 aromatic rings. The average Bonchev–Trinajstić information content (AvgIpc) is 2.38. The van der Waals surface area contributed by atoms with Crippen LogP contribution < -0.4 is 5.32 Å². The molecule has 5 nitrogen and oxygen atoms in total. The zero-order valence-electron chi connectivity index (χ0n) is 10.7. The zero-order valence-corrected chi connectivity index (χ0v) is 10.7. The first-order valence-corrected chi connectivity index (χ1v) is 6.58. The molecule has 0 saturated carbocycles. The molecular formula is C13H17FN4O. The summed E-state index contributed by atoms with van der Waals surface area (Å²) in [5, 5.41) is 3.31. The monoisotopic (exact) mass is 264 g/mol. The van der Waals surface area contributed by atoms with Crippen LogP contribution in [0.5, 0.6) is 0 Å². The van der Waals surface area contributed by atoms with Gasteiger partial charge in [-0.1, -0.05) is 0 Å². The SMILES string of the molecule is O=C(c1cncc(F)c1)N1CC(N2CCNCC2)C1. The maximum Gasteiger partial charge on any atom is 0.255 e. The van der Waals surface area contributed by atoms with Gasteiger partial charge in [0.1, 0.15) is 5.82 Å². The number of aromatic nitrogens is 1. The molecule has 2 saturated heterocycles. The lowest BCUT2D eigenvalue weighted by molar-refractivity contribution is 0.0226. The van der Waals surface area contributed by atoms with Gasteiger partial charge in [0.2, 0.25) is 0 Å². The fourth-order valence-electron chi connectivity index (χ4n) is 2.61. The van der Waals surface area contributed by atoms with E-state index in [-0.39, 0.29) is 5.91 Å². The number of carbonyl (C=O) groups is 1. The second-order valence-electron chi connectivity index (χ2n) is 5.04. The van der Waals surface area contributed by atoms with Crippen molar-refractivity contribution in [3.05, 3.63) is 29.8 Å². The Morgan fingerprint density at radius 2 is 2.05 bits per heavy atom. The van der Waals surface area contributed by atoms with Crippen LogP contribution >= 0.6 is 0 Å². The van der Waals surface area contributed by atoms with Gasteiger partial charge in [0.15, 0.2) is 0 Å². The molecule has 2 aliphatic rings. The Hall–Kier alpha value is -1.53. The lowest BCUT2D eigenvalue weighted by Crippen LogP contribution is -2.63. The summed E-state index contributed by atoms with van der Waals surface area (Å²) in [5.74, 6) is -0.594. The Balaban J connectivity index is 1.56. The van der Waals surface area contributed by atoms with Crippen molar-refractivity contribution in [3.63, 3.8) is 0 Å². The highest BCUT2D eigenvalue weighted by Gasteiger charge is 2.35. The second-order valence-corrected chi connectivity index (χ2v) is 5.04. The van der Waals surface area contributed by atoms with Crippen LogP contribution in [0.4, 0.5) is 4.39 Å². The summed E-state index contributed by atoms with van der Waals surface area (Å²) in [6.07, 6.45) is 2.53. The van der Waals surface area contributed by atoms with Gasteiger partial charge in [-0.2, -0.15) is 0 Å². The molecule has 2 fully saturated rings. The van der Waals surface area contributed by atoms with Crippen LogP contribution in [-0.4, -0.2) is 66.0 Å². The van der Waals surface area contributed by atoms with E-state index >= 15 is 0 Å². The van der Waals surface area contributed by atoms with Crippen molar-refractivity contribution >= 4 is 5.91 Å². The standard InChI is InChI=1S/C13H17FN4O/c14-11-5-10(6-16-7-11)13(19)18-8-12(9-18)17-3-1-15-2-4-17/h5-7,12,15H,1-4,8-9H2. The van der Waals surface area contributed by atoms with Gasteiger partial charge in [-0.3, -0.25) is 14.7 Å². The number of hydrogen-bond acceptors (Lipinski definition) is 4. The van der Waals surface area contributed by atoms with E-state index in [2.05, 4.69) is 15.2 Å². The number of rotatable bonds is 2. The summed E-state index contributed by atoms with van der Waals surface area (Å²) in [5.41, 5.74) is 0.332. The molecule has 1 aromatic heterocycles. The normalized spacial score (nSPS) is 21.2. The Kier molecular flexibility index (Phi) is 3.44. The minimum Gasteiger partial charge on any atom is -0.335 e. The Morgan fingerprint density at radius 3 is 2.74 bits per heavy atom. The smallest absolute Gasteiger partial charge is 0.255 e. The third kappa shape index (κ3) is 2.59. The molecule has 6 heteroatoms. The summed E-state index contributed by atoms with van der Waals surface area (Å²) in [4.78, 5) is 20.0. The topological polar surface area (TPSA) is 48.5 Å². The number of piperazine rings is 1. The van der Waals surface area contributed by atoms with E-state index < -0.39 is 5.82 Å². The van der Waals surface area contributed by atoms with E-state index in [1.54, 1.807) is 4.90 Å². The maximum atomic E-state index is 13.0. The summed E-state index contributed by atoms with van der Waals surface area (Å²) in [6, 6.07) is 1.69. The first-order valence-electron chi connectivity index (χ1n) is 6.58. The van der Waals surface area contributed by atoms with Crippen molar-refractivity contribution in [3.8, 4) is 0 Å². The molecule has 1 N–H and O–H groups in total. The van der Waals surface area contributed by atoms with Gasteiger partial charge in [-0.25, -0.2) is 4.39 Å². The largest absolute Gasteiger partial charge is 0.335 e. The predicted octanol–water partition coefficient (Wildman–Crippen LogP) is -0.0497. The number of hydrogen-bond donors (Lipinski definition) is 1. The van der Waals surface area contributed by atoms with E-state index in [4.69, 9.17) is 0 Å². The van der Waals surface area contributed by atoms with E-state index in [9.17, 15) is 9.18 Å². The minimum absolute atomic E-state index is 0.126. The molecule has 2 aliphatic heterocycles.